The van der Waals surface area contributed by atoms with Gasteiger partial charge < -0.3 is 9.26 Å². The quantitative estimate of drug-likeness (QED) is 0.483. The Labute approximate surface area is 154 Å². The molecule has 7 nitrogen and oxygen atoms in total. The molecule has 0 aliphatic heterocycles. The van der Waals surface area contributed by atoms with Crippen LogP contribution in [0.15, 0.2) is 70.6 Å². The van der Waals surface area contributed by atoms with Gasteiger partial charge in [-0.2, -0.15) is 4.98 Å². The average molecular weight is 365 g/mol. The summed E-state index contributed by atoms with van der Waals surface area (Å²) in [7, 11) is 1.64. The monoisotopic (exact) mass is 365 g/mol. The average Bonchev–Trinajstić information content (AvgIpc) is 3.36. The predicted molar refractivity (Wildman–Crippen MR) is 97.2 cm³/mol. The highest BCUT2D eigenvalue weighted by Gasteiger charge is 2.14. The third-order valence-electron chi connectivity index (χ3n) is 3.69. The van der Waals surface area contributed by atoms with Gasteiger partial charge in [0.25, 0.3) is 0 Å². The van der Waals surface area contributed by atoms with Crippen molar-refractivity contribution in [3.8, 4) is 22.8 Å². The number of hydrogen-bond acceptors (Lipinski definition) is 7. The van der Waals surface area contributed by atoms with Gasteiger partial charge in [0.15, 0.2) is 5.16 Å². The molecule has 4 rings (SSSR count). The number of ether oxygens (including phenoxy) is 1. The summed E-state index contributed by atoms with van der Waals surface area (Å²) in [6.07, 6.45) is 1.66. The maximum absolute atomic E-state index is 5.41. The minimum absolute atomic E-state index is 0.494. The fourth-order valence-electron chi connectivity index (χ4n) is 2.46. The highest BCUT2D eigenvalue weighted by atomic mass is 32.2. The number of rotatable bonds is 6. The minimum atomic E-state index is 0.494. The zero-order valence-electron chi connectivity index (χ0n) is 13.9. The topological polar surface area (TPSA) is 78.9 Å². The van der Waals surface area contributed by atoms with Gasteiger partial charge in [-0.3, -0.25) is 4.57 Å². The van der Waals surface area contributed by atoms with Gasteiger partial charge in [-0.1, -0.05) is 59.4 Å². The van der Waals surface area contributed by atoms with Crippen LogP contribution in [0.4, 0.5) is 0 Å². The number of para-hydroxylation sites is 2. The first-order chi connectivity index (χ1) is 12.8. The molecule has 0 bridgehead atoms. The van der Waals surface area contributed by atoms with Crippen molar-refractivity contribution >= 4 is 11.8 Å². The lowest BCUT2D eigenvalue weighted by atomic mass is 10.2. The number of hydrogen-bond donors (Lipinski definition) is 0. The van der Waals surface area contributed by atoms with E-state index in [9.17, 15) is 0 Å². The maximum Gasteiger partial charge on any atom is 0.237 e. The van der Waals surface area contributed by atoms with E-state index in [1.807, 2.05) is 59.2 Å². The Morgan fingerprint density at radius 3 is 2.73 bits per heavy atom. The molecule has 0 aliphatic carbocycles. The molecule has 2 aromatic carbocycles. The van der Waals surface area contributed by atoms with E-state index in [1.165, 1.54) is 11.8 Å². The maximum atomic E-state index is 5.41. The van der Waals surface area contributed by atoms with Gasteiger partial charge in [0.1, 0.15) is 12.1 Å². The third-order valence-corrected chi connectivity index (χ3v) is 4.61. The first-order valence-corrected chi connectivity index (χ1v) is 8.88. The molecule has 0 unspecified atom stereocenters. The summed E-state index contributed by atoms with van der Waals surface area (Å²) in [5, 5.41) is 12.9. The minimum Gasteiger partial charge on any atom is -0.495 e. The number of thioether (sulfide) groups is 1. The van der Waals surface area contributed by atoms with Crippen molar-refractivity contribution in [2.75, 3.05) is 7.11 Å². The Morgan fingerprint density at radius 1 is 1.08 bits per heavy atom. The van der Waals surface area contributed by atoms with Gasteiger partial charge in [-0.15, -0.1) is 10.2 Å². The van der Waals surface area contributed by atoms with Gasteiger partial charge in [-0.25, -0.2) is 0 Å². The van der Waals surface area contributed by atoms with Gasteiger partial charge in [0, 0.05) is 5.56 Å². The molecule has 0 radical (unpaired) electrons. The van der Waals surface area contributed by atoms with Crippen LogP contribution in [-0.4, -0.2) is 32.0 Å². The molecule has 0 fully saturated rings. The van der Waals surface area contributed by atoms with Gasteiger partial charge in [0.05, 0.1) is 18.6 Å². The van der Waals surface area contributed by atoms with E-state index in [-0.39, 0.29) is 0 Å². The molecule has 8 heteroatoms. The van der Waals surface area contributed by atoms with Crippen LogP contribution in [-0.2, 0) is 5.75 Å². The normalized spacial score (nSPS) is 10.8. The molecule has 0 spiro atoms. The Kier molecular flexibility index (Phi) is 4.65. The van der Waals surface area contributed by atoms with E-state index >= 15 is 0 Å². The second-order valence-electron chi connectivity index (χ2n) is 5.32. The zero-order chi connectivity index (χ0) is 17.8. The van der Waals surface area contributed by atoms with Crippen LogP contribution in [0.3, 0.4) is 0 Å². The van der Waals surface area contributed by atoms with E-state index in [4.69, 9.17) is 9.26 Å². The smallest absolute Gasteiger partial charge is 0.237 e. The largest absolute Gasteiger partial charge is 0.495 e. The third kappa shape index (κ3) is 3.31. The fourth-order valence-corrected chi connectivity index (χ4v) is 3.22. The van der Waals surface area contributed by atoms with Crippen molar-refractivity contribution in [3.05, 3.63) is 66.8 Å². The predicted octanol–water partition coefficient (Wildman–Crippen LogP) is 3.62. The van der Waals surface area contributed by atoms with Crippen LogP contribution < -0.4 is 4.74 Å². The second kappa shape index (κ2) is 7.40. The summed E-state index contributed by atoms with van der Waals surface area (Å²) in [4.78, 5) is 4.44. The first-order valence-electron chi connectivity index (χ1n) is 7.89. The molecule has 4 aromatic rings. The van der Waals surface area contributed by atoms with Crippen LogP contribution in [0, 0.1) is 0 Å². The molecule has 2 aromatic heterocycles. The Hall–Kier alpha value is -3.13. The Balaban J connectivity index is 1.52. The van der Waals surface area contributed by atoms with Crippen LogP contribution in [0.25, 0.3) is 17.1 Å². The van der Waals surface area contributed by atoms with Gasteiger partial charge in [-0.05, 0) is 12.1 Å². The van der Waals surface area contributed by atoms with E-state index in [1.54, 1.807) is 13.4 Å². The van der Waals surface area contributed by atoms with E-state index in [0.717, 1.165) is 17.0 Å². The molecule has 2 heterocycles. The summed E-state index contributed by atoms with van der Waals surface area (Å²) in [5.41, 5.74) is 1.79. The molecule has 0 saturated carbocycles. The van der Waals surface area contributed by atoms with Crippen molar-refractivity contribution in [1.29, 1.82) is 0 Å². The molecular weight excluding hydrogens is 350 g/mol. The number of benzene rings is 2. The molecule has 0 amide bonds. The van der Waals surface area contributed by atoms with Crippen molar-refractivity contribution < 1.29 is 9.26 Å². The molecule has 0 N–H and O–H groups in total. The molecular formula is C18H15N5O2S. The number of aromatic nitrogens is 5. The number of methoxy groups -OCH3 is 1. The van der Waals surface area contributed by atoms with Crippen molar-refractivity contribution in [2.24, 2.45) is 0 Å². The molecule has 0 atom stereocenters. The molecule has 0 saturated heterocycles. The second-order valence-corrected chi connectivity index (χ2v) is 6.26. The Morgan fingerprint density at radius 2 is 1.88 bits per heavy atom. The van der Waals surface area contributed by atoms with Crippen molar-refractivity contribution in [1.82, 2.24) is 24.9 Å². The summed E-state index contributed by atoms with van der Waals surface area (Å²) < 4.78 is 12.6. The molecule has 26 heavy (non-hydrogen) atoms. The standard InChI is InChI=1S/C18H15N5O2S/c1-24-15-10-6-5-9-14(15)23-12-19-21-18(23)26-11-16-20-17(22-25-16)13-7-3-2-4-8-13/h2-10,12H,11H2,1H3. The number of nitrogens with zero attached hydrogens (tertiary/aromatic N) is 5. The van der Waals surface area contributed by atoms with Crippen LogP contribution in [0.2, 0.25) is 0 Å². The summed E-state index contributed by atoms with van der Waals surface area (Å²) in [5.74, 6) is 2.35. The van der Waals surface area contributed by atoms with E-state index in [0.29, 0.717) is 22.6 Å². The fraction of sp³-hybridized carbons (Fsp3) is 0.111. The van der Waals surface area contributed by atoms with Crippen LogP contribution in [0.5, 0.6) is 5.75 Å². The van der Waals surface area contributed by atoms with Gasteiger partial charge >= 0.3 is 0 Å². The van der Waals surface area contributed by atoms with E-state index < -0.39 is 0 Å². The Bertz CT molecular complexity index is 1000. The van der Waals surface area contributed by atoms with Crippen molar-refractivity contribution in [3.63, 3.8) is 0 Å². The lowest BCUT2D eigenvalue weighted by Crippen LogP contribution is -1.98. The summed E-state index contributed by atoms with van der Waals surface area (Å²) >= 11 is 1.47. The zero-order valence-corrected chi connectivity index (χ0v) is 14.8. The lowest BCUT2D eigenvalue weighted by molar-refractivity contribution is 0.391. The summed E-state index contributed by atoms with van der Waals surface area (Å²) in [6.45, 7) is 0. The first kappa shape index (κ1) is 16.3. The van der Waals surface area contributed by atoms with Crippen molar-refractivity contribution in [2.45, 2.75) is 10.9 Å². The molecule has 130 valence electrons. The lowest BCUT2D eigenvalue weighted by Gasteiger charge is -2.10. The SMILES string of the molecule is COc1ccccc1-n1cnnc1SCc1nc(-c2ccccc2)no1. The van der Waals surface area contributed by atoms with Crippen LogP contribution in [0.1, 0.15) is 5.89 Å². The van der Waals surface area contributed by atoms with E-state index in [2.05, 4.69) is 20.3 Å². The van der Waals surface area contributed by atoms with Crippen LogP contribution >= 0.6 is 11.8 Å². The summed E-state index contributed by atoms with van der Waals surface area (Å²) in [6, 6.07) is 17.4. The highest BCUT2D eigenvalue weighted by molar-refractivity contribution is 7.98. The molecule has 0 aliphatic rings. The van der Waals surface area contributed by atoms with Gasteiger partial charge in [0.2, 0.25) is 11.7 Å². The highest BCUT2D eigenvalue weighted by Crippen LogP contribution is 2.28.